The van der Waals surface area contributed by atoms with Crippen molar-refractivity contribution in [3.63, 3.8) is 0 Å². The van der Waals surface area contributed by atoms with Crippen molar-refractivity contribution in [2.75, 3.05) is 6.54 Å². The summed E-state index contributed by atoms with van der Waals surface area (Å²) in [5.41, 5.74) is 2.11. The molecule has 0 bridgehead atoms. The van der Waals surface area contributed by atoms with Crippen molar-refractivity contribution in [1.29, 1.82) is 0 Å². The van der Waals surface area contributed by atoms with Gasteiger partial charge in [-0.25, -0.2) is 0 Å². The summed E-state index contributed by atoms with van der Waals surface area (Å²) in [4.78, 5) is 11.5. The second-order valence-corrected chi connectivity index (χ2v) is 4.27. The summed E-state index contributed by atoms with van der Waals surface area (Å²) in [5, 5.41) is 10.4. The second kappa shape index (κ2) is 4.65. The maximum Gasteiger partial charge on any atom is 0.237 e. The van der Waals surface area contributed by atoms with E-state index in [0.29, 0.717) is 6.54 Å². The van der Waals surface area contributed by atoms with E-state index in [2.05, 4.69) is 15.7 Å². The number of hydrogen-bond acceptors (Lipinski definition) is 3. The monoisotopic (exact) mass is 222 g/mol. The Labute approximate surface area is 95.2 Å². The third-order valence-electron chi connectivity index (χ3n) is 2.91. The van der Waals surface area contributed by atoms with E-state index in [-0.39, 0.29) is 11.9 Å². The highest BCUT2D eigenvalue weighted by Gasteiger charge is 2.21. The standard InChI is InChI=1S/C11H18N4O/c1-8-6-9(15(2)14-8)7-13-10-4-3-5-12-11(10)16/h6,10,13H,3-5,7H2,1-2H3,(H,12,16). The number of hydrogen-bond donors (Lipinski definition) is 2. The van der Waals surface area contributed by atoms with Crippen LogP contribution in [0.15, 0.2) is 6.07 Å². The van der Waals surface area contributed by atoms with Crippen LogP contribution in [0.3, 0.4) is 0 Å². The van der Waals surface area contributed by atoms with Crippen molar-refractivity contribution in [3.05, 3.63) is 17.5 Å². The van der Waals surface area contributed by atoms with Crippen LogP contribution in [0.1, 0.15) is 24.2 Å². The van der Waals surface area contributed by atoms with Crippen LogP contribution in [0.25, 0.3) is 0 Å². The van der Waals surface area contributed by atoms with E-state index in [1.807, 2.05) is 24.7 Å². The number of carbonyl (C=O) groups excluding carboxylic acids is 1. The van der Waals surface area contributed by atoms with Gasteiger partial charge in [0.2, 0.25) is 5.91 Å². The fourth-order valence-corrected chi connectivity index (χ4v) is 2.02. The van der Waals surface area contributed by atoms with E-state index in [1.165, 1.54) is 0 Å². The summed E-state index contributed by atoms with van der Waals surface area (Å²) in [5.74, 6) is 0.116. The van der Waals surface area contributed by atoms with Crippen molar-refractivity contribution in [3.8, 4) is 0 Å². The average molecular weight is 222 g/mol. The van der Waals surface area contributed by atoms with Crippen molar-refractivity contribution in [2.24, 2.45) is 7.05 Å². The predicted molar refractivity (Wildman–Crippen MR) is 60.8 cm³/mol. The predicted octanol–water partition coefficient (Wildman–Crippen LogP) is 0.0967. The van der Waals surface area contributed by atoms with Gasteiger partial charge in [0.25, 0.3) is 0 Å². The zero-order valence-corrected chi connectivity index (χ0v) is 9.79. The topological polar surface area (TPSA) is 58.9 Å². The lowest BCUT2D eigenvalue weighted by molar-refractivity contribution is -0.124. The lowest BCUT2D eigenvalue weighted by Crippen LogP contribution is -2.48. The first kappa shape index (κ1) is 11.1. The molecular weight excluding hydrogens is 204 g/mol. The van der Waals surface area contributed by atoms with Crippen molar-refractivity contribution >= 4 is 5.91 Å². The minimum absolute atomic E-state index is 0.0519. The zero-order valence-electron chi connectivity index (χ0n) is 9.79. The maximum absolute atomic E-state index is 11.5. The summed E-state index contributed by atoms with van der Waals surface area (Å²) in [6.07, 6.45) is 1.97. The van der Waals surface area contributed by atoms with E-state index in [9.17, 15) is 4.79 Å². The minimum atomic E-state index is -0.0519. The first-order valence-electron chi connectivity index (χ1n) is 5.67. The van der Waals surface area contributed by atoms with Crippen LogP contribution in [0.5, 0.6) is 0 Å². The van der Waals surface area contributed by atoms with Gasteiger partial charge in [0.1, 0.15) is 0 Å². The van der Waals surface area contributed by atoms with Crippen molar-refractivity contribution < 1.29 is 4.79 Å². The Hall–Kier alpha value is -1.36. The Kier molecular flexibility index (Phi) is 3.24. The highest BCUT2D eigenvalue weighted by Crippen LogP contribution is 2.06. The molecule has 5 heteroatoms. The van der Waals surface area contributed by atoms with Gasteiger partial charge in [-0.05, 0) is 25.8 Å². The second-order valence-electron chi connectivity index (χ2n) is 4.27. The van der Waals surface area contributed by atoms with Crippen LogP contribution < -0.4 is 10.6 Å². The first-order chi connectivity index (χ1) is 7.66. The zero-order chi connectivity index (χ0) is 11.5. The first-order valence-corrected chi connectivity index (χ1v) is 5.67. The Morgan fingerprint density at radius 2 is 2.50 bits per heavy atom. The summed E-state index contributed by atoms with van der Waals surface area (Å²) < 4.78 is 1.85. The van der Waals surface area contributed by atoms with Gasteiger partial charge in [-0.2, -0.15) is 5.10 Å². The molecule has 0 aromatic carbocycles. The molecule has 2 rings (SSSR count). The molecule has 2 heterocycles. The normalized spacial score (nSPS) is 20.9. The number of piperidine rings is 1. The third kappa shape index (κ3) is 2.41. The molecule has 1 saturated heterocycles. The summed E-state index contributed by atoms with van der Waals surface area (Å²) in [7, 11) is 1.92. The van der Waals surface area contributed by atoms with Gasteiger partial charge in [-0.3, -0.25) is 9.48 Å². The molecule has 0 spiro atoms. The van der Waals surface area contributed by atoms with Crippen LogP contribution in [0.4, 0.5) is 0 Å². The van der Waals surface area contributed by atoms with Gasteiger partial charge in [0.05, 0.1) is 17.4 Å². The molecule has 1 aromatic heterocycles. The molecule has 1 amide bonds. The number of amides is 1. The molecule has 1 unspecified atom stereocenters. The van der Waals surface area contributed by atoms with E-state index < -0.39 is 0 Å². The van der Waals surface area contributed by atoms with Crippen LogP contribution in [0, 0.1) is 6.92 Å². The van der Waals surface area contributed by atoms with Gasteiger partial charge in [-0.15, -0.1) is 0 Å². The number of nitrogens with one attached hydrogen (secondary N) is 2. The quantitative estimate of drug-likeness (QED) is 0.762. The average Bonchev–Trinajstić information content (AvgIpc) is 2.56. The molecule has 0 radical (unpaired) electrons. The third-order valence-corrected chi connectivity index (χ3v) is 2.91. The molecule has 88 valence electrons. The lowest BCUT2D eigenvalue weighted by atomic mass is 10.1. The lowest BCUT2D eigenvalue weighted by Gasteiger charge is -2.22. The van der Waals surface area contributed by atoms with Gasteiger partial charge >= 0.3 is 0 Å². The van der Waals surface area contributed by atoms with Crippen molar-refractivity contribution in [2.45, 2.75) is 32.4 Å². The maximum atomic E-state index is 11.5. The fourth-order valence-electron chi connectivity index (χ4n) is 2.02. The summed E-state index contributed by atoms with van der Waals surface area (Å²) in [6, 6.07) is 1.98. The van der Waals surface area contributed by atoms with E-state index in [0.717, 1.165) is 30.8 Å². The molecule has 5 nitrogen and oxygen atoms in total. The van der Waals surface area contributed by atoms with E-state index in [4.69, 9.17) is 0 Å². The van der Waals surface area contributed by atoms with Crippen molar-refractivity contribution in [1.82, 2.24) is 20.4 Å². The Balaban J connectivity index is 1.91. The largest absolute Gasteiger partial charge is 0.355 e. The molecule has 1 atom stereocenters. The van der Waals surface area contributed by atoms with Gasteiger partial charge in [-0.1, -0.05) is 0 Å². The molecule has 2 N–H and O–H groups in total. The van der Waals surface area contributed by atoms with Gasteiger partial charge < -0.3 is 10.6 Å². The highest BCUT2D eigenvalue weighted by atomic mass is 16.2. The number of carbonyl (C=O) groups is 1. The summed E-state index contributed by atoms with van der Waals surface area (Å²) in [6.45, 7) is 3.47. The Bertz CT molecular complexity index is 385. The highest BCUT2D eigenvalue weighted by molar-refractivity contribution is 5.82. The molecule has 1 aromatic rings. The molecule has 1 aliphatic rings. The fraction of sp³-hybridized carbons (Fsp3) is 0.636. The molecule has 0 saturated carbocycles. The SMILES string of the molecule is Cc1cc(CNC2CCCNC2=O)n(C)n1. The molecule has 1 fully saturated rings. The number of aromatic nitrogens is 2. The number of rotatable bonds is 3. The molecule has 1 aliphatic heterocycles. The molecule has 0 aliphatic carbocycles. The van der Waals surface area contributed by atoms with Crippen LogP contribution in [0.2, 0.25) is 0 Å². The molecular formula is C11H18N4O. The minimum Gasteiger partial charge on any atom is -0.355 e. The number of aryl methyl sites for hydroxylation is 2. The van der Waals surface area contributed by atoms with Crippen LogP contribution >= 0.6 is 0 Å². The van der Waals surface area contributed by atoms with Crippen LogP contribution in [-0.4, -0.2) is 28.3 Å². The molecule has 16 heavy (non-hydrogen) atoms. The number of nitrogens with zero attached hydrogens (tertiary/aromatic N) is 2. The van der Waals surface area contributed by atoms with Gasteiger partial charge in [0, 0.05) is 20.1 Å². The Morgan fingerprint density at radius 3 is 3.12 bits per heavy atom. The van der Waals surface area contributed by atoms with E-state index in [1.54, 1.807) is 0 Å². The van der Waals surface area contributed by atoms with E-state index >= 15 is 0 Å². The Morgan fingerprint density at radius 1 is 1.69 bits per heavy atom. The van der Waals surface area contributed by atoms with Crippen LogP contribution in [-0.2, 0) is 18.4 Å². The summed E-state index contributed by atoms with van der Waals surface area (Å²) >= 11 is 0. The smallest absolute Gasteiger partial charge is 0.237 e. The van der Waals surface area contributed by atoms with Gasteiger partial charge in [0.15, 0.2) is 0 Å².